The van der Waals surface area contributed by atoms with E-state index in [1.807, 2.05) is 0 Å². The first kappa shape index (κ1) is 33.9. The van der Waals surface area contributed by atoms with Crippen LogP contribution in [0.4, 0.5) is 0 Å². The van der Waals surface area contributed by atoms with E-state index in [0.717, 1.165) is 64.2 Å². The van der Waals surface area contributed by atoms with E-state index in [9.17, 15) is 9.59 Å². The SMILES string of the molecule is CCCCCCCCCCCCCCCC(=O)OC(CCCC)CCCCCCCCCC(=O)O. The van der Waals surface area contributed by atoms with Crippen LogP contribution in [0.5, 0.6) is 0 Å². The average molecular weight is 497 g/mol. The van der Waals surface area contributed by atoms with Gasteiger partial charge in [-0.1, -0.05) is 136 Å². The molecular weight excluding hydrogens is 436 g/mol. The summed E-state index contributed by atoms with van der Waals surface area (Å²) in [7, 11) is 0. The first-order valence-electron chi connectivity index (χ1n) is 15.5. The van der Waals surface area contributed by atoms with Gasteiger partial charge in [0.15, 0.2) is 0 Å². The van der Waals surface area contributed by atoms with Crippen LogP contribution in [-0.2, 0) is 14.3 Å². The van der Waals surface area contributed by atoms with Crippen molar-refractivity contribution in [3.05, 3.63) is 0 Å². The molecule has 0 aliphatic heterocycles. The van der Waals surface area contributed by atoms with Gasteiger partial charge in [0.2, 0.25) is 0 Å². The van der Waals surface area contributed by atoms with Gasteiger partial charge in [-0.15, -0.1) is 0 Å². The van der Waals surface area contributed by atoms with Crippen LogP contribution in [0.15, 0.2) is 0 Å². The number of carboxylic acids is 1. The molecule has 0 spiro atoms. The van der Waals surface area contributed by atoms with Gasteiger partial charge in [0.05, 0.1) is 0 Å². The van der Waals surface area contributed by atoms with Crippen molar-refractivity contribution in [3.8, 4) is 0 Å². The highest BCUT2D eigenvalue weighted by molar-refractivity contribution is 5.69. The minimum atomic E-state index is -0.688. The summed E-state index contributed by atoms with van der Waals surface area (Å²) in [6.45, 7) is 4.46. The standard InChI is InChI=1S/C31H60O4/c1-3-5-7-8-9-10-11-12-13-14-18-21-24-28-31(34)35-29(25-6-4-2)26-22-19-16-15-17-20-23-27-30(32)33/h29H,3-28H2,1-2H3,(H,32,33). The van der Waals surface area contributed by atoms with Gasteiger partial charge in [-0.25, -0.2) is 0 Å². The first-order valence-corrected chi connectivity index (χ1v) is 15.5. The number of carboxylic acid groups (broad SMARTS) is 1. The Morgan fingerprint density at radius 2 is 0.886 bits per heavy atom. The molecule has 0 aromatic heterocycles. The minimum absolute atomic E-state index is 0.00704. The van der Waals surface area contributed by atoms with Crippen LogP contribution in [0.25, 0.3) is 0 Å². The predicted molar refractivity (Wildman–Crippen MR) is 149 cm³/mol. The van der Waals surface area contributed by atoms with E-state index < -0.39 is 5.97 Å². The average Bonchev–Trinajstić information content (AvgIpc) is 2.83. The van der Waals surface area contributed by atoms with E-state index in [0.29, 0.717) is 12.8 Å². The zero-order valence-electron chi connectivity index (χ0n) is 23.6. The van der Waals surface area contributed by atoms with Crippen molar-refractivity contribution in [2.24, 2.45) is 0 Å². The third-order valence-corrected chi connectivity index (χ3v) is 7.08. The van der Waals surface area contributed by atoms with Crippen LogP contribution in [0.1, 0.15) is 181 Å². The number of carbonyl (C=O) groups is 2. The van der Waals surface area contributed by atoms with Crippen LogP contribution in [0.2, 0.25) is 0 Å². The summed E-state index contributed by atoms with van der Waals surface area (Å²) < 4.78 is 5.85. The number of unbranched alkanes of at least 4 members (excludes halogenated alkanes) is 19. The third-order valence-electron chi connectivity index (χ3n) is 7.08. The summed E-state index contributed by atoms with van der Waals surface area (Å²) in [6.07, 6.45) is 30.0. The van der Waals surface area contributed by atoms with Crippen molar-refractivity contribution < 1.29 is 19.4 Å². The number of ether oxygens (including phenoxy) is 1. The summed E-state index contributed by atoms with van der Waals surface area (Å²) in [5, 5.41) is 8.67. The Morgan fingerprint density at radius 1 is 0.514 bits per heavy atom. The van der Waals surface area contributed by atoms with Crippen molar-refractivity contribution in [1.29, 1.82) is 0 Å². The number of hydrogen-bond donors (Lipinski definition) is 1. The quantitative estimate of drug-likeness (QED) is 0.0864. The molecule has 0 bridgehead atoms. The zero-order valence-corrected chi connectivity index (χ0v) is 23.6. The van der Waals surface area contributed by atoms with Gasteiger partial charge in [-0.3, -0.25) is 9.59 Å². The fourth-order valence-electron chi connectivity index (χ4n) is 4.76. The molecule has 0 saturated carbocycles. The molecule has 0 aromatic carbocycles. The summed E-state index contributed by atoms with van der Waals surface area (Å²) in [5.74, 6) is -0.681. The van der Waals surface area contributed by atoms with Crippen molar-refractivity contribution in [1.82, 2.24) is 0 Å². The summed E-state index contributed by atoms with van der Waals surface area (Å²) in [6, 6.07) is 0. The van der Waals surface area contributed by atoms with Gasteiger partial charge in [0, 0.05) is 12.8 Å². The van der Waals surface area contributed by atoms with Gasteiger partial charge >= 0.3 is 11.9 Å². The van der Waals surface area contributed by atoms with Crippen LogP contribution >= 0.6 is 0 Å². The normalized spacial score (nSPS) is 12.1. The highest BCUT2D eigenvalue weighted by atomic mass is 16.5. The molecule has 1 unspecified atom stereocenters. The Kier molecular flexibility index (Phi) is 26.7. The fourth-order valence-corrected chi connectivity index (χ4v) is 4.76. The van der Waals surface area contributed by atoms with Crippen LogP contribution in [0, 0.1) is 0 Å². The van der Waals surface area contributed by atoms with Gasteiger partial charge < -0.3 is 9.84 Å². The Balaban J connectivity index is 3.66. The molecule has 4 nitrogen and oxygen atoms in total. The Morgan fingerprint density at radius 3 is 1.34 bits per heavy atom. The molecule has 0 aromatic rings. The monoisotopic (exact) mass is 496 g/mol. The maximum Gasteiger partial charge on any atom is 0.306 e. The summed E-state index contributed by atoms with van der Waals surface area (Å²) in [5.41, 5.74) is 0. The van der Waals surface area contributed by atoms with E-state index >= 15 is 0 Å². The fraction of sp³-hybridized carbons (Fsp3) is 0.935. The highest BCUT2D eigenvalue weighted by Gasteiger charge is 2.13. The molecule has 208 valence electrons. The molecule has 0 radical (unpaired) electrons. The third kappa shape index (κ3) is 27.4. The lowest BCUT2D eigenvalue weighted by atomic mass is 10.0. The van der Waals surface area contributed by atoms with E-state index in [1.165, 1.54) is 89.9 Å². The topological polar surface area (TPSA) is 63.6 Å². The van der Waals surface area contributed by atoms with Crippen molar-refractivity contribution in [2.45, 2.75) is 187 Å². The molecular formula is C31H60O4. The predicted octanol–water partition coefficient (Wildman–Crippen LogP) is 10.2. The minimum Gasteiger partial charge on any atom is -0.481 e. The lowest BCUT2D eigenvalue weighted by molar-refractivity contribution is -0.150. The first-order chi connectivity index (χ1) is 17.1. The van der Waals surface area contributed by atoms with Crippen molar-refractivity contribution in [2.75, 3.05) is 0 Å². The smallest absolute Gasteiger partial charge is 0.306 e. The second-order valence-electron chi connectivity index (χ2n) is 10.7. The number of aliphatic carboxylic acids is 1. The number of carbonyl (C=O) groups excluding carboxylic acids is 1. The molecule has 1 atom stereocenters. The molecule has 0 saturated heterocycles. The molecule has 0 aliphatic rings. The number of rotatable bonds is 28. The molecule has 0 fully saturated rings. The Bertz CT molecular complexity index is 463. The lowest BCUT2D eigenvalue weighted by Crippen LogP contribution is -2.18. The number of hydrogen-bond acceptors (Lipinski definition) is 3. The molecule has 4 heteroatoms. The molecule has 1 N–H and O–H groups in total. The van der Waals surface area contributed by atoms with Gasteiger partial charge in [-0.2, -0.15) is 0 Å². The Labute approximate surface area is 218 Å². The van der Waals surface area contributed by atoms with E-state index in [1.54, 1.807) is 0 Å². The molecule has 0 heterocycles. The molecule has 35 heavy (non-hydrogen) atoms. The second-order valence-corrected chi connectivity index (χ2v) is 10.7. The van der Waals surface area contributed by atoms with Crippen LogP contribution in [-0.4, -0.2) is 23.1 Å². The lowest BCUT2D eigenvalue weighted by Gasteiger charge is -2.18. The second kappa shape index (κ2) is 27.5. The largest absolute Gasteiger partial charge is 0.481 e. The zero-order chi connectivity index (χ0) is 25.8. The van der Waals surface area contributed by atoms with Gasteiger partial charge in [0.1, 0.15) is 6.10 Å². The van der Waals surface area contributed by atoms with Crippen molar-refractivity contribution in [3.63, 3.8) is 0 Å². The maximum atomic E-state index is 12.3. The molecule has 0 aliphatic carbocycles. The highest BCUT2D eigenvalue weighted by Crippen LogP contribution is 2.17. The van der Waals surface area contributed by atoms with Crippen LogP contribution in [0.3, 0.4) is 0 Å². The van der Waals surface area contributed by atoms with E-state index in [-0.39, 0.29) is 12.1 Å². The summed E-state index contributed by atoms with van der Waals surface area (Å²) >= 11 is 0. The molecule has 0 amide bonds. The van der Waals surface area contributed by atoms with E-state index in [4.69, 9.17) is 9.84 Å². The van der Waals surface area contributed by atoms with E-state index in [2.05, 4.69) is 13.8 Å². The number of esters is 1. The van der Waals surface area contributed by atoms with Gasteiger partial charge in [0.25, 0.3) is 0 Å². The Hall–Kier alpha value is -1.06. The molecule has 0 rings (SSSR count). The van der Waals surface area contributed by atoms with Crippen LogP contribution < -0.4 is 0 Å². The van der Waals surface area contributed by atoms with Gasteiger partial charge in [-0.05, 0) is 32.1 Å². The van der Waals surface area contributed by atoms with Crippen molar-refractivity contribution >= 4 is 11.9 Å². The summed E-state index contributed by atoms with van der Waals surface area (Å²) in [4.78, 5) is 22.9. The maximum absolute atomic E-state index is 12.3.